The summed E-state index contributed by atoms with van der Waals surface area (Å²) in [5.74, 6) is 3.21. The van der Waals surface area contributed by atoms with Crippen molar-refractivity contribution in [2.45, 2.75) is 32.2 Å². The van der Waals surface area contributed by atoms with Gasteiger partial charge in [0.05, 0.1) is 7.11 Å². The summed E-state index contributed by atoms with van der Waals surface area (Å²) >= 11 is 0. The van der Waals surface area contributed by atoms with Gasteiger partial charge in [-0.05, 0) is 18.3 Å². The van der Waals surface area contributed by atoms with Crippen molar-refractivity contribution in [1.29, 1.82) is 0 Å². The highest BCUT2D eigenvalue weighted by molar-refractivity contribution is 5.48. The van der Waals surface area contributed by atoms with Crippen LogP contribution in [-0.2, 0) is 0 Å². The molecule has 0 aromatic carbocycles. The van der Waals surface area contributed by atoms with E-state index in [2.05, 4.69) is 36.2 Å². The number of rotatable bonds is 3. The zero-order valence-corrected chi connectivity index (χ0v) is 12.0. The number of hydrogen-bond donors (Lipinski definition) is 1. The number of nitrogens with one attached hydrogen (secondary N) is 1. The van der Waals surface area contributed by atoms with Crippen LogP contribution in [0.2, 0.25) is 0 Å². The summed E-state index contributed by atoms with van der Waals surface area (Å²) in [4.78, 5) is 7.30. The Labute approximate surface area is 115 Å². The van der Waals surface area contributed by atoms with Gasteiger partial charge in [-0.2, -0.15) is 0 Å². The predicted octanol–water partition coefficient (Wildman–Crippen LogP) is 2.01. The molecule has 19 heavy (non-hydrogen) atoms. The van der Waals surface area contributed by atoms with E-state index < -0.39 is 0 Å². The van der Waals surface area contributed by atoms with Gasteiger partial charge >= 0.3 is 0 Å². The first-order valence-corrected chi connectivity index (χ1v) is 7.22. The second-order valence-electron chi connectivity index (χ2n) is 5.91. The largest absolute Gasteiger partial charge is 0.497 e. The Morgan fingerprint density at radius 2 is 2.21 bits per heavy atom. The molecule has 2 saturated heterocycles. The highest BCUT2D eigenvalue weighted by Crippen LogP contribution is 2.33. The summed E-state index contributed by atoms with van der Waals surface area (Å²) in [6, 6.07) is 4.74. The van der Waals surface area contributed by atoms with Crippen LogP contribution in [0.1, 0.15) is 31.9 Å². The van der Waals surface area contributed by atoms with Crippen molar-refractivity contribution in [1.82, 2.24) is 10.3 Å². The molecule has 4 nitrogen and oxygen atoms in total. The van der Waals surface area contributed by atoms with Crippen LogP contribution in [0.5, 0.6) is 5.75 Å². The van der Waals surface area contributed by atoms with Crippen molar-refractivity contribution in [3.05, 3.63) is 17.8 Å². The van der Waals surface area contributed by atoms with E-state index in [1.807, 2.05) is 0 Å². The predicted molar refractivity (Wildman–Crippen MR) is 77.0 cm³/mol. The molecule has 2 atom stereocenters. The normalized spacial score (nSPS) is 26.0. The highest BCUT2D eigenvalue weighted by atomic mass is 16.5. The number of aromatic nitrogens is 1. The molecule has 2 aliphatic rings. The first-order chi connectivity index (χ1) is 9.19. The third-order valence-corrected chi connectivity index (χ3v) is 4.37. The van der Waals surface area contributed by atoms with Crippen molar-refractivity contribution in [2.24, 2.45) is 5.92 Å². The van der Waals surface area contributed by atoms with E-state index in [1.54, 1.807) is 7.11 Å². The Hall–Kier alpha value is -1.29. The Morgan fingerprint density at radius 3 is 2.95 bits per heavy atom. The fourth-order valence-electron chi connectivity index (χ4n) is 3.21. The van der Waals surface area contributed by atoms with E-state index in [0.29, 0.717) is 12.0 Å². The molecule has 3 heterocycles. The zero-order valence-electron chi connectivity index (χ0n) is 12.0. The molecule has 1 aromatic heterocycles. The number of anilines is 1. The molecule has 4 heteroatoms. The van der Waals surface area contributed by atoms with Gasteiger partial charge in [0.25, 0.3) is 0 Å². The topological polar surface area (TPSA) is 37.4 Å². The Bertz CT molecular complexity index is 461. The third-order valence-electron chi connectivity index (χ3n) is 4.37. The maximum atomic E-state index is 5.43. The number of pyridine rings is 1. The Balaban J connectivity index is 1.93. The molecular formula is C15H23N3O. The summed E-state index contributed by atoms with van der Waals surface area (Å²) in [5.41, 5.74) is 1.11. The van der Waals surface area contributed by atoms with E-state index >= 15 is 0 Å². The lowest BCUT2D eigenvalue weighted by Crippen LogP contribution is -2.34. The molecular weight excluding hydrogens is 238 g/mol. The van der Waals surface area contributed by atoms with Crippen LogP contribution in [0.3, 0.4) is 0 Å². The minimum atomic E-state index is 0.425. The van der Waals surface area contributed by atoms with E-state index in [1.165, 1.54) is 6.42 Å². The molecule has 0 bridgehead atoms. The summed E-state index contributed by atoms with van der Waals surface area (Å²) in [6.45, 7) is 7.71. The van der Waals surface area contributed by atoms with Gasteiger partial charge in [0.1, 0.15) is 11.6 Å². The summed E-state index contributed by atoms with van der Waals surface area (Å²) in [5, 5.41) is 3.49. The first kappa shape index (κ1) is 12.7. The quantitative estimate of drug-likeness (QED) is 0.903. The number of fused-ring (bicyclic) bond motifs is 1. The van der Waals surface area contributed by atoms with Crippen LogP contribution in [-0.4, -0.2) is 37.8 Å². The van der Waals surface area contributed by atoms with Crippen LogP contribution < -0.4 is 15.0 Å². The SMILES string of the molecule is COc1cc(C(C)C)nc(N2CC[C@@H]3CNC[C@H]32)c1. The van der Waals surface area contributed by atoms with Gasteiger partial charge in [-0.3, -0.25) is 0 Å². The molecule has 0 spiro atoms. The highest BCUT2D eigenvalue weighted by Gasteiger charge is 2.38. The molecule has 1 aromatic rings. The fraction of sp³-hybridized carbons (Fsp3) is 0.667. The van der Waals surface area contributed by atoms with Gasteiger partial charge in [-0.15, -0.1) is 0 Å². The van der Waals surface area contributed by atoms with Crippen molar-refractivity contribution in [3.8, 4) is 5.75 Å². The fourth-order valence-corrected chi connectivity index (χ4v) is 3.21. The monoisotopic (exact) mass is 261 g/mol. The molecule has 1 N–H and O–H groups in total. The lowest BCUT2D eigenvalue weighted by Gasteiger charge is -2.25. The zero-order chi connectivity index (χ0) is 13.4. The number of hydrogen-bond acceptors (Lipinski definition) is 4. The van der Waals surface area contributed by atoms with Crippen LogP contribution >= 0.6 is 0 Å². The molecule has 0 amide bonds. The molecule has 0 saturated carbocycles. The average Bonchev–Trinajstić information content (AvgIpc) is 3.00. The van der Waals surface area contributed by atoms with Crippen molar-refractivity contribution in [2.75, 3.05) is 31.6 Å². The third kappa shape index (κ3) is 2.29. The van der Waals surface area contributed by atoms with E-state index in [-0.39, 0.29) is 0 Å². The molecule has 3 rings (SSSR count). The number of nitrogens with zero attached hydrogens (tertiary/aromatic N) is 2. The molecule has 2 aliphatic heterocycles. The standard InChI is InChI=1S/C15H23N3O/c1-10(2)13-6-12(19-3)7-15(17-13)18-5-4-11-8-16-9-14(11)18/h6-7,10-11,14,16H,4-5,8-9H2,1-3H3/t11-,14-/m1/s1. The van der Waals surface area contributed by atoms with Gasteiger partial charge in [-0.1, -0.05) is 13.8 Å². The second-order valence-corrected chi connectivity index (χ2v) is 5.91. The van der Waals surface area contributed by atoms with Crippen LogP contribution in [0, 0.1) is 5.92 Å². The van der Waals surface area contributed by atoms with Crippen molar-refractivity contribution >= 4 is 5.82 Å². The summed E-state index contributed by atoms with van der Waals surface area (Å²) in [7, 11) is 1.73. The lowest BCUT2D eigenvalue weighted by molar-refractivity contribution is 0.413. The van der Waals surface area contributed by atoms with Gasteiger partial charge in [0.2, 0.25) is 0 Å². The van der Waals surface area contributed by atoms with Crippen molar-refractivity contribution in [3.63, 3.8) is 0 Å². The Kier molecular flexibility index (Phi) is 3.35. The van der Waals surface area contributed by atoms with E-state index in [4.69, 9.17) is 9.72 Å². The van der Waals surface area contributed by atoms with Gasteiger partial charge in [0.15, 0.2) is 0 Å². The number of ether oxygens (including phenoxy) is 1. The van der Waals surface area contributed by atoms with E-state index in [9.17, 15) is 0 Å². The first-order valence-electron chi connectivity index (χ1n) is 7.22. The molecule has 0 unspecified atom stereocenters. The average molecular weight is 261 g/mol. The van der Waals surface area contributed by atoms with E-state index in [0.717, 1.165) is 42.8 Å². The smallest absolute Gasteiger partial charge is 0.132 e. The van der Waals surface area contributed by atoms with Crippen LogP contribution in [0.25, 0.3) is 0 Å². The van der Waals surface area contributed by atoms with Gasteiger partial charge < -0.3 is 15.0 Å². The minimum absolute atomic E-state index is 0.425. The summed E-state index contributed by atoms with van der Waals surface area (Å²) < 4.78 is 5.43. The lowest BCUT2D eigenvalue weighted by atomic mass is 10.1. The Morgan fingerprint density at radius 1 is 1.37 bits per heavy atom. The maximum absolute atomic E-state index is 5.43. The number of methoxy groups -OCH3 is 1. The molecule has 2 fully saturated rings. The maximum Gasteiger partial charge on any atom is 0.132 e. The minimum Gasteiger partial charge on any atom is -0.497 e. The molecule has 0 aliphatic carbocycles. The van der Waals surface area contributed by atoms with Crippen LogP contribution in [0.4, 0.5) is 5.82 Å². The molecule has 104 valence electrons. The van der Waals surface area contributed by atoms with Crippen LogP contribution in [0.15, 0.2) is 12.1 Å². The van der Waals surface area contributed by atoms with Gasteiger partial charge in [-0.25, -0.2) is 4.98 Å². The summed E-state index contributed by atoms with van der Waals surface area (Å²) in [6.07, 6.45) is 1.27. The second kappa shape index (κ2) is 5.00. The van der Waals surface area contributed by atoms with Gasteiger partial charge in [0, 0.05) is 43.5 Å². The van der Waals surface area contributed by atoms with Crippen molar-refractivity contribution < 1.29 is 4.74 Å². The molecule has 0 radical (unpaired) electrons.